The fraction of sp³-hybridized carbons (Fsp3) is 0.333. The van der Waals surface area contributed by atoms with Crippen LogP contribution in [0.4, 0.5) is 5.69 Å². The maximum Gasteiger partial charge on any atom is 0.276 e. The molecule has 0 saturated carbocycles. The van der Waals surface area contributed by atoms with Crippen molar-refractivity contribution in [3.8, 4) is 0 Å². The molecule has 0 amide bonds. The lowest BCUT2D eigenvalue weighted by Gasteiger charge is -2.37. The van der Waals surface area contributed by atoms with E-state index in [2.05, 4.69) is 0 Å². The minimum Gasteiger partial charge on any atom is -0.497 e. The first-order chi connectivity index (χ1) is 11.7. The minimum atomic E-state index is -4.48. The number of hydrogen-bond donors (Lipinski definition) is 1. The van der Waals surface area contributed by atoms with Crippen LogP contribution in [0.2, 0.25) is 0 Å². The molecule has 0 bridgehead atoms. The Kier molecular flexibility index (Phi) is 5.16. The van der Waals surface area contributed by atoms with Gasteiger partial charge in [-0.2, -0.15) is 8.42 Å². The third-order valence-corrected chi connectivity index (χ3v) is 4.86. The van der Waals surface area contributed by atoms with Crippen molar-refractivity contribution in [2.75, 3.05) is 21.3 Å². The molecule has 0 saturated heterocycles. The summed E-state index contributed by atoms with van der Waals surface area (Å²) in [6.07, 6.45) is 2.22. The van der Waals surface area contributed by atoms with Crippen LogP contribution >= 0.6 is 0 Å². The molecule has 136 valence electrons. The van der Waals surface area contributed by atoms with Crippen LogP contribution in [0.1, 0.15) is 5.56 Å². The van der Waals surface area contributed by atoms with Crippen LogP contribution < -0.4 is 0 Å². The Morgan fingerprint density at radius 2 is 1.64 bits per heavy atom. The van der Waals surface area contributed by atoms with Gasteiger partial charge in [0.2, 0.25) is 5.60 Å². The number of nitrogens with zero attached hydrogens (tertiary/aromatic N) is 1. The molecule has 1 aromatic carbocycles. The largest absolute Gasteiger partial charge is 0.497 e. The fourth-order valence-electron chi connectivity index (χ4n) is 2.81. The van der Waals surface area contributed by atoms with E-state index < -0.39 is 25.9 Å². The first-order valence-electron chi connectivity index (χ1n) is 7.00. The number of ether oxygens (including phenoxy) is 3. The molecule has 0 radical (unpaired) electrons. The van der Waals surface area contributed by atoms with Gasteiger partial charge in [-0.1, -0.05) is 12.1 Å². The van der Waals surface area contributed by atoms with Crippen molar-refractivity contribution in [2.45, 2.75) is 10.9 Å². The van der Waals surface area contributed by atoms with Crippen LogP contribution in [0.15, 0.2) is 47.9 Å². The van der Waals surface area contributed by atoms with Gasteiger partial charge in [-0.15, -0.1) is 0 Å². The van der Waals surface area contributed by atoms with Crippen molar-refractivity contribution in [1.82, 2.24) is 0 Å². The molecular weight excluding hydrogens is 354 g/mol. The second kappa shape index (κ2) is 6.82. The molecule has 10 heteroatoms. The zero-order chi connectivity index (χ0) is 18.8. The Balaban J connectivity index is 2.83. The van der Waals surface area contributed by atoms with Crippen molar-refractivity contribution >= 4 is 15.8 Å². The lowest BCUT2D eigenvalue weighted by atomic mass is 9.84. The van der Waals surface area contributed by atoms with E-state index in [9.17, 15) is 23.1 Å². The van der Waals surface area contributed by atoms with Crippen LogP contribution in [0, 0.1) is 10.1 Å². The molecule has 1 aliphatic carbocycles. The van der Waals surface area contributed by atoms with Crippen LogP contribution in [0.3, 0.4) is 0 Å². The summed E-state index contributed by atoms with van der Waals surface area (Å²) in [6.45, 7) is 0. The Morgan fingerprint density at radius 3 is 2.04 bits per heavy atom. The first kappa shape index (κ1) is 18.9. The van der Waals surface area contributed by atoms with E-state index in [4.69, 9.17) is 14.2 Å². The van der Waals surface area contributed by atoms with Gasteiger partial charge in [0.1, 0.15) is 16.8 Å². The third-order valence-electron chi connectivity index (χ3n) is 3.90. The summed E-state index contributed by atoms with van der Waals surface area (Å²) >= 11 is 0. The molecule has 1 aromatic rings. The van der Waals surface area contributed by atoms with Crippen molar-refractivity contribution in [2.24, 2.45) is 0 Å². The van der Waals surface area contributed by atoms with Crippen LogP contribution in [0.25, 0.3) is 0 Å². The lowest BCUT2D eigenvalue weighted by Crippen LogP contribution is -2.40. The van der Waals surface area contributed by atoms with E-state index >= 15 is 0 Å². The summed E-state index contributed by atoms with van der Waals surface area (Å²) in [5.74, 6) is -0.127. The first-order valence-corrected chi connectivity index (χ1v) is 8.50. The number of nitro groups is 1. The Labute approximate surface area is 144 Å². The molecule has 0 aromatic heterocycles. The predicted molar refractivity (Wildman–Crippen MR) is 87.3 cm³/mol. The predicted octanol–water partition coefficient (Wildman–Crippen LogP) is 1.77. The highest BCUT2D eigenvalue weighted by atomic mass is 32.2. The van der Waals surface area contributed by atoms with Crippen molar-refractivity contribution in [3.63, 3.8) is 0 Å². The maximum absolute atomic E-state index is 11.5. The summed E-state index contributed by atoms with van der Waals surface area (Å²) in [5.41, 5.74) is -1.84. The second-order valence-corrected chi connectivity index (χ2v) is 6.68. The molecular formula is C15H17NO8S. The summed E-state index contributed by atoms with van der Waals surface area (Å²) < 4.78 is 48.5. The molecule has 0 unspecified atom stereocenters. The SMILES string of the molecule is COC1=CC(S(=O)(=O)O)C=C(OC)C1(OC)c1ccccc1[N+](=O)[O-]. The van der Waals surface area contributed by atoms with E-state index in [0.717, 1.165) is 12.2 Å². The van der Waals surface area contributed by atoms with Gasteiger partial charge in [-0.3, -0.25) is 14.7 Å². The zero-order valence-electron chi connectivity index (χ0n) is 13.7. The maximum atomic E-state index is 11.5. The van der Waals surface area contributed by atoms with Crippen molar-refractivity contribution in [3.05, 3.63) is 63.6 Å². The van der Waals surface area contributed by atoms with Gasteiger partial charge in [0, 0.05) is 13.2 Å². The van der Waals surface area contributed by atoms with Gasteiger partial charge in [0.05, 0.1) is 24.7 Å². The lowest BCUT2D eigenvalue weighted by molar-refractivity contribution is -0.386. The molecule has 1 aliphatic rings. The van der Waals surface area contributed by atoms with Gasteiger partial charge in [-0.25, -0.2) is 0 Å². The van der Waals surface area contributed by atoms with Crippen molar-refractivity contribution in [1.29, 1.82) is 0 Å². The molecule has 0 heterocycles. The van der Waals surface area contributed by atoms with Crippen LogP contribution in [0.5, 0.6) is 0 Å². The van der Waals surface area contributed by atoms with Crippen LogP contribution in [-0.4, -0.2) is 44.5 Å². The Morgan fingerprint density at radius 1 is 1.12 bits per heavy atom. The number of benzene rings is 1. The molecule has 9 nitrogen and oxygen atoms in total. The molecule has 0 atom stereocenters. The number of rotatable bonds is 6. The number of hydrogen-bond acceptors (Lipinski definition) is 7. The van der Waals surface area contributed by atoms with E-state index in [-0.39, 0.29) is 22.8 Å². The van der Waals surface area contributed by atoms with E-state index in [0.29, 0.717) is 0 Å². The molecule has 0 aliphatic heterocycles. The van der Waals surface area contributed by atoms with E-state index in [1.807, 2.05) is 0 Å². The molecule has 2 rings (SSSR count). The van der Waals surface area contributed by atoms with Crippen LogP contribution in [-0.2, 0) is 29.9 Å². The number of para-hydroxylation sites is 1. The summed E-state index contributed by atoms with van der Waals surface area (Å²) in [7, 11) is -0.683. The highest BCUT2D eigenvalue weighted by molar-refractivity contribution is 7.86. The minimum absolute atomic E-state index is 0.0636. The molecule has 0 fully saturated rings. The third kappa shape index (κ3) is 3.11. The molecule has 1 N–H and O–H groups in total. The molecule has 25 heavy (non-hydrogen) atoms. The fourth-order valence-corrected chi connectivity index (χ4v) is 3.40. The number of nitro benzene ring substituents is 1. The summed E-state index contributed by atoms with van der Waals surface area (Å²) in [4.78, 5) is 10.8. The average Bonchev–Trinajstić information content (AvgIpc) is 2.59. The smallest absolute Gasteiger partial charge is 0.276 e. The summed E-state index contributed by atoms with van der Waals surface area (Å²) in [5, 5.41) is 9.99. The Bertz CT molecular complexity index is 821. The highest BCUT2D eigenvalue weighted by Gasteiger charge is 2.51. The monoisotopic (exact) mass is 371 g/mol. The van der Waals surface area contributed by atoms with E-state index in [1.54, 1.807) is 6.07 Å². The Hall–Kier alpha value is -2.43. The summed E-state index contributed by atoms with van der Waals surface area (Å²) in [6, 6.07) is 5.79. The number of methoxy groups -OCH3 is 3. The van der Waals surface area contributed by atoms with Gasteiger partial charge in [-0.05, 0) is 18.2 Å². The highest BCUT2D eigenvalue weighted by Crippen LogP contribution is 2.47. The van der Waals surface area contributed by atoms with Gasteiger partial charge >= 0.3 is 0 Å². The van der Waals surface area contributed by atoms with Crippen molar-refractivity contribution < 1.29 is 32.1 Å². The standard InChI is InChI=1S/C15H17NO8S/c1-22-13-8-10(25(19,20)21)9-14(23-2)15(13,24-3)11-6-4-5-7-12(11)16(17)18/h4-10H,1-3H3,(H,19,20,21). The van der Waals surface area contributed by atoms with Gasteiger partial charge in [0.25, 0.3) is 15.8 Å². The average molecular weight is 371 g/mol. The quantitative estimate of drug-likeness (QED) is 0.455. The van der Waals surface area contributed by atoms with E-state index in [1.165, 1.54) is 39.5 Å². The zero-order valence-corrected chi connectivity index (χ0v) is 14.5. The normalized spacial score (nSPS) is 23.4. The van der Waals surface area contributed by atoms with Gasteiger partial charge in [0.15, 0.2) is 0 Å². The van der Waals surface area contributed by atoms with Gasteiger partial charge < -0.3 is 14.2 Å². The molecule has 0 spiro atoms. The topological polar surface area (TPSA) is 125 Å². The second-order valence-electron chi connectivity index (χ2n) is 5.11.